The molecule has 1 aliphatic rings. The van der Waals surface area contributed by atoms with Crippen LogP contribution in [0.25, 0.3) is 11.3 Å². The molecule has 3 aromatic rings. The van der Waals surface area contributed by atoms with Crippen molar-refractivity contribution in [2.24, 2.45) is 5.73 Å². The summed E-state index contributed by atoms with van der Waals surface area (Å²) in [5, 5.41) is 17.2. The van der Waals surface area contributed by atoms with Gasteiger partial charge >= 0.3 is 0 Å². The average Bonchev–Trinajstić information content (AvgIpc) is 3.21. The zero-order valence-electron chi connectivity index (χ0n) is 17.5. The number of ether oxygens (including phenoxy) is 3. The minimum Gasteiger partial charge on any atom is -0.494 e. The second-order valence-corrected chi connectivity index (χ2v) is 7.12. The highest BCUT2D eigenvalue weighted by Crippen LogP contribution is 2.46. The first-order valence-corrected chi connectivity index (χ1v) is 10.3. The molecule has 0 aliphatic carbocycles. The molecule has 31 heavy (non-hydrogen) atoms. The van der Waals surface area contributed by atoms with E-state index >= 15 is 0 Å². The minimum atomic E-state index is -0.418. The smallest absolute Gasteiger partial charge is 0.244 e. The monoisotopic (exact) mass is 416 g/mol. The molecule has 1 aliphatic heterocycles. The molecule has 4 rings (SSSR count). The second kappa shape index (κ2) is 8.84. The van der Waals surface area contributed by atoms with Crippen molar-refractivity contribution >= 4 is 0 Å². The molecule has 2 aromatic carbocycles. The number of allylic oxidation sites excluding steroid dienone is 1. The number of nitrogens with zero attached hydrogens (tertiary/aromatic N) is 2. The van der Waals surface area contributed by atoms with Gasteiger partial charge in [-0.05, 0) is 43.2 Å². The SMILES string of the molecule is CCCOc1ccc(C2C(C#N)=C(N)Oc3n[nH]c(-c4cccc(OCC)c4)c32)cc1. The van der Waals surface area contributed by atoms with Crippen molar-refractivity contribution in [1.29, 1.82) is 5.26 Å². The van der Waals surface area contributed by atoms with E-state index in [-0.39, 0.29) is 5.88 Å². The van der Waals surface area contributed by atoms with Gasteiger partial charge in [-0.25, -0.2) is 0 Å². The van der Waals surface area contributed by atoms with Gasteiger partial charge < -0.3 is 19.9 Å². The van der Waals surface area contributed by atoms with Crippen LogP contribution in [0.15, 0.2) is 60.0 Å². The number of nitrogens with one attached hydrogen (secondary N) is 1. The predicted molar refractivity (Wildman–Crippen MR) is 117 cm³/mol. The van der Waals surface area contributed by atoms with Crippen molar-refractivity contribution in [3.8, 4) is 34.7 Å². The zero-order valence-corrected chi connectivity index (χ0v) is 17.5. The fourth-order valence-electron chi connectivity index (χ4n) is 3.68. The Morgan fingerprint density at radius 2 is 1.94 bits per heavy atom. The molecule has 7 nitrogen and oxygen atoms in total. The summed E-state index contributed by atoms with van der Waals surface area (Å²) in [4.78, 5) is 0. The average molecular weight is 416 g/mol. The lowest BCUT2D eigenvalue weighted by molar-refractivity contribution is 0.317. The molecule has 0 radical (unpaired) electrons. The van der Waals surface area contributed by atoms with Crippen molar-refractivity contribution in [1.82, 2.24) is 10.2 Å². The van der Waals surface area contributed by atoms with Crippen LogP contribution in [0.4, 0.5) is 0 Å². The molecule has 1 unspecified atom stereocenters. The lowest BCUT2D eigenvalue weighted by Crippen LogP contribution is -2.21. The minimum absolute atomic E-state index is 0.0624. The third kappa shape index (κ3) is 3.92. The molecule has 2 heterocycles. The Balaban J connectivity index is 1.80. The first-order valence-electron chi connectivity index (χ1n) is 10.3. The van der Waals surface area contributed by atoms with Crippen LogP contribution in [0, 0.1) is 11.3 Å². The number of aromatic nitrogens is 2. The standard InChI is InChI=1S/C24H24N4O3/c1-3-12-30-17-10-8-15(9-11-17)20-19(14-25)23(26)31-24-21(20)22(27-28-24)16-6-5-7-18(13-16)29-4-2/h5-11,13,20H,3-4,12,26H2,1-2H3,(H,27,28). The molecule has 0 saturated carbocycles. The molecule has 3 N–H and O–H groups in total. The van der Waals surface area contributed by atoms with Gasteiger partial charge in [0.15, 0.2) is 0 Å². The lowest BCUT2D eigenvalue weighted by atomic mass is 9.83. The first kappa shape index (κ1) is 20.4. The van der Waals surface area contributed by atoms with E-state index in [9.17, 15) is 5.26 Å². The Hall–Kier alpha value is -3.92. The van der Waals surface area contributed by atoms with Gasteiger partial charge in [-0.2, -0.15) is 5.26 Å². The number of rotatable bonds is 7. The molecule has 1 atom stereocenters. The van der Waals surface area contributed by atoms with E-state index in [2.05, 4.69) is 23.2 Å². The van der Waals surface area contributed by atoms with Crippen LogP contribution in [-0.2, 0) is 0 Å². The maximum absolute atomic E-state index is 9.86. The molecule has 0 fully saturated rings. The van der Waals surface area contributed by atoms with Crippen LogP contribution in [0.1, 0.15) is 37.3 Å². The molecule has 0 spiro atoms. The van der Waals surface area contributed by atoms with Crippen molar-refractivity contribution in [2.75, 3.05) is 13.2 Å². The van der Waals surface area contributed by atoms with Gasteiger partial charge in [0.05, 0.1) is 30.4 Å². The van der Waals surface area contributed by atoms with Crippen molar-refractivity contribution in [3.63, 3.8) is 0 Å². The topological polar surface area (TPSA) is 106 Å². The highest BCUT2D eigenvalue weighted by atomic mass is 16.5. The van der Waals surface area contributed by atoms with Crippen LogP contribution < -0.4 is 19.9 Å². The highest BCUT2D eigenvalue weighted by Gasteiger charge is 2.35. The maximum Gasteiger partial charge on any atom is 0.244 e. The Kier molecular flexibility index (Phi) is 5.80. The van der Waals surface area contributed by atoms with Gasteiger partial charge in [0.1, 0.15) is 23.1 Å². The predicted octanol–water partition coefficient (Wildman–Crippen LogP) is 4.48. The van der Waals surface area contributed by atoms with Crippen molar-refractivity contribution in [2.45, 2.75) is 26.2 Å². The van der Waals surface area contributed by atoms with Gasteiger partial charge in [-0.1, -0.05) is 31.2 Å². The summed E-state index contributed by atoms with van der Waals surface area (Å²) in [6.45, 7) is 5.22. The molecule has 158 valence electrons. The van der Waals surface area contributed by atoms with Crippen LogP contribution in [-0.4, -0.2) is 23.4 Å². The summed E-state index contributed by atoms with van der Waals surface area (Å²) in [6, 6.07) is 17.6. The molecule has 0 amide bonds. The number of fused-ring (bicyclic) bond motifs is 1. The van der Waals surface area contributed by atoms with Crippen LogP contribution in [0.3, 0.4) is 0 Å². The quantitative estimate of drug-likeness (QED) is 0.588. The van der Waals surface area contributed by atoms with Crippen LogP contribution in [0.5, 0.6) is 17.4 Å². The third-order valence-electron chi connectivity index (χ3n) is 5.06. The van der Waals surface area contributed by atoms with E-state index in [0.717, 1.165) is 40.3 Å². The summed E-state index contributed by atoms with van der Waals surface area (Å²) < 4.78 is 17.0. The summed E-state index contributed by atoms with van der Waals surface area (Å²) >= 11 is 0. The molecule has 0 saturated heterocycles. The molecule has 7 heteroatoms. The highest BCUT2D eigenvalue weighted by molar-refractivity contribution is 5.71. The normalized spacial score (nSPS) is 15.1. The Morgan fingerprint density at radius 3 is 2.65 bits per heavy atom. The maximum atomic E-state index is 9.86. The van der Waals surface area contributed by atoms with Crippen LogP contribution in [0.2, 0.25) is 0 Å². The van der Waals surface area contributed by atoms with E-state index in [1.807, 2.05) is 55.5 Å². The first-order chi connectivity index (χ1) is 15.2. The van der Waals surface area contributed by atoms with E-state index in [4.69, 9.17) is 19.9 Å². The Morgan fingerprint density at radius 1 is 1.13 bits per heavy atom. The van der Waals surface area contributed by atoms with Crippen LogP contribution >= 0.6 is 0 Å². The number of hydrogen-bond acceptors (Lipinski definition) is 6. The van der Waals surface area contributed by atoms with E-state index < -0.39 is 5.92 Å². The Labute approximate surface area is 181 Å². The van der Waals surface area contributed by atoms with E-state index in [1.54, 1.807) is 0 Å². The van der Waals surface area contributed by atoms with Crippen molar-refractivity contribution in [3.05, 3.63) is 71.1 Å². The van der Waals surface area contributed by atoms with E-state index in [1.165, 1.54) is 0 Å². The molecular formula is C24H24N4O3. The number of nitriles is 1. The molecule has 1 aromatic heterocycles. The number of hydrogen-bond donors (Lipinski definition) is 2. The van der Waals surface area contributed by atoms with Gasteiger partial charge in [-0.3, -0.25) is 5.10 Å². The summed E-state index contributed by atoms with van der Waals surface area (Å²) in [6.07, 6.45) is 0.933. The summed E-state index contributed by atoms with van der Waals surface area (Å²) in [5.41, 5.74) is 9.73. The number of H-pyrrole nitrogens is 1. The zero-order chi connectivity index (χ0) is 21.8. The summed E-state index contributed by atoms with van der Waals surface area (Å²) in [5.74, 6) is 1.55. The van der Waals surface area contributed by atoms with Gasteiger partial charge in [0, 0.05) is 5.56 Å². The fourth-order valence-corrected chi connectivity index (χ4v) is 3.68. The lowest BCUT2D eigenvalue weighted by Gasteiger charge is -2.24. The third-order valence-corrected chi connectivity index (χ3v) is 5.06. The fraction of sp³-hybridized carbons (Fsp3) is 0.250. The summed E-state index contributed by atoms with van der Waals surface area (Å²) in [7, 11) is 0. The second-order valence-electron chi connectivity index (χ2n) is 7.12. The molecular weight excluding hydrogens is 392 g/mol. The Bertz CT molecular complexity index is 1140. The molecule has 0 bridgehead atoms. The number of nitrogens with two attached hydrogens (primary N) is 1. The van der Waals surface area contributed by atoms with Gasteiger partial charge in [0.25, 0.3) is 0 Å². The van der Waals surface area contributed by atoms with Crippen molar-refractivity contribution < 1.29 is 14.2 Å². The number of aromatic amines is 1. The number of benzene rings is 2. The van der Waals surface area contributed by atoms with E-state index in [0.29, 0.717) is 24.7 Å². The van der Waals surface area contributed by atoms with Gasteiger partial charge in [-0.15, -0.1) is 5.10 Å². The largest absolute Gasteiger partial charge is 0.494 e. The van der Waals surface area contributed by atoms with Gasteiger partial charge in [0.2, 0.25) is 11.8 Å².